The maximum atomic E-state index is 13.8. The van der Waals surface area contributed by atoms with Gasteiger partial charge in [0.05, 0.1) is 6.61 Å². The van der Waals surface area contributed by atoms with E-state index < -0.39 is 23.2 Å². The van der Waals surface area contributed by atoms with Crippen molar-refractivity contribution in [2.45, 2.75) is 111 Å². The second-order valence-corrected chi connectivity index (χ2v) is 8.63. The van der Waals surface area contributed by atoms with E-state index in [1.54, 1.807) is 19.9 Å². The summed E-state index contributed by atoms with van der Waals surface area (Å²) in [5.41, 5.74) is -1.40. The van der Waals surface area contributed by atoms with Gasteiger partial charge in [-0.2, -0.15) is 0 Å². The molecule has 0 saturated carbocycles. The highest BCUT2D eigenvalue weighted by atomic mass is 19.1. The Balaban J connectivity index is 2.27. The van der Waals surface area contributed by atoms with Crippen LogP contribution in [0.3, 0.4) is 0 Å². The Kier molecular flexibility index (Phi) is 14.7. The Bertz CT molecular complexity index is 655. The molecule has 0 heterocycles. The van der Waals surface area contributed by atoms with Gasteiger partial charge in [-0.3, -0.25) is 9.59 Å². The van der Waals surface area contributed by atoms with Gasteiger partial charge >= 0.3 is 11.9 Å². The van der Waals surface area contributed by atoms with E-state index in [1.165, 1.54) is 76.0 Å². The average Bonchev–Trinajstić information content (AvgIpc) is 2.79. The number of hydrogen-bond donors (Lipinski definition) is 0. The second-order valence-electron chi connectivity index (χ2n) is 8.63. The molecule has 1 aromatic rings. The minimum Gasteiger partial charge on any atom is -0.465 e. The van der Waals surface area contributed by atoms with E-state index in [9.17, 15) is 14.0 Å². The van der Waals surface area contributed by atoms with Crippen molar-refractivity contribution in [1.29, 1.82) is 0 Å². The molecule has 1 rings (SSSR count). The zero-order valence-corrected chi connectivity index (χ0v) is 20.4. The third-order valence-electron chi connectivity index (χ3n) is 6.26. The van der Waals surface area contributed by atoms with Gasteiger partial charge in [0.1, 0.15) is 0 Å². The van der Waals surface area contributed by atoms with Gasteiger partial charge in [0.2, 0.25) is 0 Å². The number of carbonyl (C=O) groups is 2. The third-order valence-corrected chi connectivity index (χ3v) is 6.26. The summed E-state index contributed by atoms with van der Waals surface area (Å²) in [5.74, 6) is -2.14. The van der Waals surface area contributed by atoms with Gasteiger partial charge < -0.3 is 9.47 Å². The van der Waals surface area contributed by atoms with Crippen LogP contribution in [0.1, 0.15) is 111 Å². The molecule has 4 nitrogen and oxygen atoms in total. The van der Waals surface area contributed by atoms with E-state index in [1.807, 2.05) is 0 Å². The lowest BCUT2D eigenvalue weighted by Crippen LogP contribution is -2.42. The highest BCUT2D eigenvalue weighted by molar-refractivity contribution is 6.00. The third kappa shape index (κ3) is 9.70. The van der Waals surface area contributed by atoms with Crippen LogP contribution in [0.4, 0.5) is 4.39 Å². The number of ether oxygens (including phenoxy) is 2. The summed E-state index contributed by atoms with van der Waals surface area (Å²) in [4.78, 5) is 25.5. The molecule has 0 aliphatic carbocycles. The fourth-order valence-electron chi connectivity index (χ4n) is 3.88. The van der Waals surface area contributed by atoms with Crippen LogP contribution in [0.5, 0.6) is 5.75 Å². The monoisotopic (exact) mass is 450 g/mol. The number of rotatable bonds is 18. The van der Waals surface area contributed by atoms with Gasteiger partial charge in [-0.1, -0.05) is 104 Å². The first-order valence-electron chi connectivity index (χ1n) is 12.7. The highest BCUT2D eigenvalue weighted by Gasteiger charge is 2.46. The predicted octanol–water partition coefficient (Wildman–Crippen LogP) is 7.78. The normalized spacial score (nSPS) is 11.4. The zero-order chi connectivity index (χ0) is 23.7. The molecule has 0 atom stereocenters. The number of esters is 2. The SMILES string of the molecule is CCCCCCCCCCCCCCOC(=O)C(CC)(CC)C(=O)Oc1ccccc1F. The Morgan fingerprint density at radius 3 is 1.75 bits per heavy atom. The van der Waals surface area contributed by atoms with Crippen molar-refractivity contribution in [3.8, 4) is 5.75 Å². The van der Waals surface area contributed by atoms with E-state index in [2.05, 4.69) is 6.92 Å². The van der Waals surface area contributed by atoms with Crippen LogP contribution in [-0.4, -0.2) is 18.5 Å². The molecule has 0 radical (unpaired) electrons. The van der Waals surface area contributed by atoms with E-state index in [4.69, 9.17) is 9.47 Å². The largest absolute Gasteiger partial charge is 0.465 e. The summed E-state index contributed by atoms with van der Waals surface area (Å²) < 4.78 is 24.5. The maximum Gasteiger partial charge on any atom is 0.328 e. The molecule has 0 spiro atoms. The number of carbonyl (C=O) groups excluding carboxylic acids is 2. The molecule has 182 valence electrons. The van der Waals surface area contributed by atoms with Gasteiger partial charge in [0.25, 0.3) is 0 Å². The topological polar surface area (TPSA) is 52.6 Å². The van der Waals surface area contributed by atoms with Crippen molar-refractivity contribution in [2.75, 3.05) is 6.61 Å². The molecule has 0 amide bonds. The quantitative estimate of drug-likeness (QED) is 0.0991. The van der Waals surface area contributed by atoms with Crippen molar-refractivity contribution in [2.24, 2.45) is 5.41 Å². The molecule has 0 bridgehead atoms. The minimum atomic E-state index is -1.40. The summed E-state index contributed by atoms with van der Waals surface area (Å²) in [5, 5.41) is 0. The van der Waals surface area contributed by atoms with Crippen LogP contribution in [0.15, 0.2) is 24.3 Å². The molecule has 0 N–H and O–H groups in total. The number of halogens is 1. The van der Waals surface area contributed by atoms with Crippen LogP contribution < -0.4 is 4.74 Å². The van der Waals surface area contributed by atoms with Crippen molar-refractivity contribution in [1.82, 2.24) is 0 Å². The average molecular weight is 451 g/mol. The molecule has 0 saturated heterocycles. The van der Waals surface area contributed by atoms with Crippen LogP contribution in [0.25, 0.3) is 0 Å². The van der Waals surface area contributed by atoms with E-state index in [0.29, 0.717) is 6.61 Å². The minimum absolute atomic E-state index is 0.169. The van der Waals surface area contributed by atoms with Gasteiger partial charge in [-0.25, -0.2) is 4.39 Å². The number of benzene rings is 1. The standard InChI is InChI=1S/C27H43FO4/c1-4-7-8-9-10-11-12-13-14-15-16-19-22-31-25(29)27(5-2,6-3)26(30)32-24-21-18-17-20-23(24)28/h17-18,20-21H,4-16,19,22H2,1-3H3. The number of unbranched alkanes of at least 4 members (excludes halogenated alkanes) is 11. The molecular formula is C27H43FO4. The van der Waals surface area contributed by atoms with Crippen molar-refractivity contribution in [3.63, 3.8) is 0 Å². The molecule has 0 aromatic heterocycles. The van der Waals surface area contributed by atoms with Crippen LogP contribution >= 0.6 is 0 Å². The van der Waals surface area contributed by atoms with Crippen molar-refractivity contribution < 1.29 is 23.5 Å². The van der Waals surface area contributed by atoms with Crippen molar-refractivity contribution in [3.05, 3.63) is 30.1 Å². The molecule has 0 fully saturated rings. The maximum absolute atomic E-state index is 13.8. The molecule has 0 aliphatic rings. The Morgan fingerprint density at radius 2 is 1.25 bits per heavy atom. The fraction of sp³-hybridized carbons (Fsp3) is 0.704. The molecule has 32 heavy (non-hydrogen) atoms. The zero-order valence-electron chi connectivity index (χ0n) is 20.4. The smallest absolute Gasteiger partial charge is 0.328 e. The van der Waals surface area contributed by atoms with Crippen LogP contribution in [-0.2, 0) is 14.3 Å². The fourth-order valence-corrected chi connectivity index (χ4v) is 3.88. The Hall–Kier alpha value is -1.91. The highest BCUT2D eigenvalue weighted by Crippen LogP contribution is 2.31. The summed E-state index contributed by atoms with van der Waals surface area (Å²) in [6.07, 6.45) is 15.3. The predicted molar refractivity (Wildman–Crippen MR) is 127 cm³/mol. The molecular weight excluding hydrogens is 407 g/mol. The first-order chi connectivity index (χ1) is 15.5. The lowest BCUT2D eigenvalue weighted by atomic mass is 9.82. The molecule has 1 aromatic carbocycles. The van der Waals surface area contributed by atoms with Gasteiger partial charge in [0.15, 0.2) is 17.0 Å². The number of para-hydroxylation sites is 1. The summed E-state index contributed by atoms with van der Waals surface area (Å²) in [6.45, 7) is 6.03. The first kappa shape index (κ1) is 28.1. The summed E-state index contributed by atoms with van der Waals surface area (Å²) in [7, 11) is 0. The van der Waals surface area contributed by atoms with Gasteiger partial charge in [-0.15, -0.1) is 0 Å². The molecule has 0 unspecified atom stereocenters. The summed E-state index contributed by atoms with van der Waals surface area (Å²) >= 11 is 0. The second kappa shape index (κ2) is 16.7. The van der Waals surface area contributed by atoms with E-state index >= 15 is 0 Å². The van der Waals surface area contributed by atoms with Crippen LogP contribution in [0.2, 0.25) is 0 Å². The lowest BCUT2D eigenvalue weighted by molar-refractivity contribution is -0.168. The lowest BCUT2D eigenvalue weighted by Gasteiger charge is -2.26. The van der Waals surface area contributed by atoms with E-state index in [0.717, 1.165) is 19.3 Å². The van der Waals surface area contributed by atoms with Gasteiger partial charge in [-0.05, 0) is 31.4 Å². The van der Waals surface area contributed by atoms with Gasteiger partial charge in [0, 0.05) is 0 Å². The molecule has 0 aliphatic heterocycles. The van der Waals surface area contributed by atoms with Crippen LogP contribution in [0, 0.1) is 11.2 Å². The number of hydrogen-bond acceptors (Lipinski definition) is 4. The Labute approximate surface area is 194 Å². The first-order valence-corrected chi connectivity index (χ1v) is 12.7. The Morgan fingerprint density at radius 1 is 0.750 bits per heavy atom. The summed E-state index contributed by atoms with van der Waals surface area (Å²) in [6, 6.07) is 5.69. The van der Waals surface area contributed by atoms with Crippen molar-refractivity contribution >= 4 is 11.9 Å². The molecule has 5 heteroatoms. The van der Waals surface area contributed by atoms with E-state index in [-0.39, 0.29) is 18.6 Å².